The molecule has 3 nitrogen and oxygen atoms in total. The molecule has 0 unspecified atom stereocenters. The van der Waals surface area contributed by atoms with Gasteiger partial charge < -0.3 is 10.3 Å². The molecular weight excluding hydrogens is 234 g/mol. The number of unbranched alkanes of at least 4 members (excludes halogenated alkanes) is 2. The van der Waals surface area contributed by atoms with Crippen molar-refractivity contribution in [1.29, 1.82) is 0 Å². The van der Waals surface area contributed by atoms with E-state index < -0.39 is 0 Å². The zero-order chi connectivity index (χ0) is 13.7. The predicted molar refractivity (Wildman–Crippen MR) is 81.7 cm³/mol. The van der Waals surface area contributed by atoms with E-state index in [-0.39, 0.29) is 0 Å². The summed E-state index contributed by atoms with van der Waals surface area (Å²) in [5.41, 5.74) is 4.87. The Hall–Kier alpha value is -1.35. The highest BCUT2D eigenvalue weighted by molar-refractivity contribution is 5.77. The van der Waals surface area contributed by atoms with Gasteiger partial charge in [-0.3, -0.25) is 0 Å². The Morgan fingerprint density at radius 1 is 1.11 bits per heavy atom. The van der Waals surface area contributed by atoms with Crippen LogP contribution in [0, 0.1) is 13.8 Å². The summed E-state index contributed by atoms with van der Waals surface area (Å²) in [6.07, 6.45) is 4.84. The maximum absolute atomic E-state index is 4.65. The Kier molecular flexibility index (Phi) is 4.97. The topological polar surface area (TPSA) is 40.7 Å². The summed E-state index contributed by atoms with van der Waals surface area (Å²) >= 11 is 0. The molecule has 3 heteroatoms. The van der Waals surface area contributed by atoms with Gasteiger partial charge in [-0.1, -0.05) is 19.8 Å². The molecule has 0 aliphatic rings. The fraction of sp³-hybridized carbons (Fsp3) is 0.562. The molecule has 0 amide bonds. The number of aromatic nitrogens is 2. The Balaban J connectivity index is 1.87. The molecular formula is C16H25N3. The Labute approximate surface area is 115 Å². The first-order chi connectivity index (χ1) is 9.20. The van der Waals surface area contributed by atoms with E-state index in [2.05, 4.69) is 48.2 Å². The monoisotopic (exact) mass is 259 g/mol. The molecule has 0 bridgehead atoms. The fourth-order valence-corrected chi connectivity index (χ4v) is 2.27. The van der Waals surface area contributed by atoms with Gasteiger partial charge in [0, 0.05) is 13.0 Å². The molecule has 2 N–H and O–H groups in total. The molecule has 0 radical (unpaired) electrons. The molecule has 0 aliphatic heterocycles. The van der Waals surface area contributed by atoms with Crippen LogP contribution in [0.5, 0.6) is 0 Å². The molecule has 0 aliphatic carbocycles. The lowest BCUT2D eigenvalue weighted by Crippen LogP contribution is -2.18. The van der Waals surface area contributed by atoms with Crippen LogP contribution in [-0.4, -0.2) is 23.1 Å². The third-order valence-corrected chi connectivity index (χ3v) is 3.64. The van der Waals surface area contributed by atoms with Crippen molar-refractivity contribution in [2.45, 2.75) is 46.5 Å². The maximum atomic E-state index is 4.65. The number of nitrogens with one attached hydrogen (secondary N) is 2. The van der Waals surface area contributed by atoms with Gasteiger partial charge in [-0.05, 0) is 50.1 Å². The number of nitrogens with zero attached hydrogens (tertiary/aromatic N) is 1. The highest BCUT2D eigenvalue weighted by Crippen LogP contribution is 2.17. The minimum absolute atomic E-state index is 0.971. The molecule has 0 saturated heterocycles. The van der Waals surface area contributed by atoms with Gasteiger partial charge in [0.1, 0.15) is 5.82 Å². The molecule has 1 aromatic heterocycles. The van der Waals surface area contributed by atoms with E-state index in [0.717, 1.165) is 36.4 Å². The first kappa shape index (κ1) is 14.1. The van der Waals surface area contributed by atoms with E-state index in [9.17, 15) is 0 Å². The highest BCUT2D eigenvalue weighted by atomic mass is 14.9. The molecule has 1 aromatic carbocycles. The van der Waals surface area contributed by atoms with Crippen molar-refractivity contribution in [3.05, 3.63) is 29.1 Å². The summed E-state index contributed by atoms with van der Waals surface area (Å²) in [6.45, 7) is 8.63. The van der Waals surface area contributed by atoms with Crippen LogP contribution in [0.4, 0.5) is 0 Å². The largest absolute Gasteiger partial charge is 0.342 e. The van der Waals surface area contributed by atoms with Crippen molar-refractivity contribution in [2.75, 3.05) is 13.1 Å². The Morgan fingerprint density at radius 2 is 1.89 bits per heavy atom. The SMILES string of the molecule is CCCCCNCCc1nc2cc(C)c(C)cc2[nH]1. The van der Waals surface area contributed by atoms with Crippen LogP contribution in [0.2, 0.25) is 0 Å². The lowest BCUT2D eigenvalue weighted by atomic mass is 10.1. The maximum Gasteiger partial charge on any atom is 0.108 e. The van der Waals surface area contributed by atoms with Crippen molar-refractivity contribution < 1.29 is 0 Å². The summed E-state index contributed by atoms with van der Waals surface area (Å²) in [5, 5.41) is 3.48. The zero-order valence-corrected chi connectivity index (χ0v) is 12.3. The lowest BCUT2D eigenvalue weighted by Gasteiger charge is -2.01. The molecule has 19 heavy (non-hydrogen) atoms. The van der Waals surface area contributed by atoms with E-state index in [1.807, 2.05) is 0 Å². The van der Waals surface area contributed by atoms with Gasteiger partial charge in [-0.15, -0.1) is 0 Å². The van der Waals surface area contributed by atoms with Gasteiger partial charge in [-0.2, -0.15) is 0 Å². The molecule has 1 heterocycles. The summed E-state index contributed by atoms with van der Waals surface area (Å²) in [7, 11) is 0. The number of H-pyrrole nitrogens is 1. The van der Waals surface area contributed by atoms with Gasteiger partial charge >= 0.3 is 0 Å². The Bertz CT molecular complexity index is 489. The quantitative estimate of drug-likeness (QED) is 0.747. The van der Waals surface area contributed by atoms with Crippen molar-refractivity contribution in [2.24, 2.45) is 0 Å². The smallest absolute Gasteiger partial charge is 0.108 e. The van der Waals surface area contributed by atoms with Crippen LogP contribution in [-0.2, 0) is 6.42 Å². The average molecular weight is 259 g/mol. The lowest BCUT2D eigenvalue weighted by molar-refractivity contribution is 0.612. The minimum Gasteiger partial charge on any atom is -0.342 e. The fourth-order valence-electron chi connectivity index (χ4n) is 2.27. The summed E-state index contributed by atoms with van der Waals surface area (Å²) in [4.78, 5) is 8.07. The van der Waals surface area contributed by atoms with E-state index in [4.69, 9.17) is 0 Å². The first-order valence-corrected chi connectivity index (χ1v) is 7.37. The van der Waals surface area contributed by atoms with Crippen LogP contribution < -0.4 is 5.32 Å². The third kappa shape index (κ3) is 3.80. The average Bonchev–Trinajstić information content (AvgIpc) is 2.76. The number of aryl methyl sites for hydroxylation is 2. The van der Waals surface area contributed by atoms with Gasteiger partial charge in [0.2, 0.25) is 0 Å². The summed E-state index contributed by atoms with van der Waals surface area (Å²) in [5.74, 6) is 1.09. The highest BCUT2D eigenvalue weighted by Gasteiger charge is 2.04. The number of rotatable bonds is 7. The second kappa shape index (κ2) is 6.71. The number of imidazole rings is 1. The Morgan fingerprint density at radius 3 is 2.68 bits per heavy atom. The van der Waals surface area contributed by atoms with Crippen molar-refractivity contribution in [3.63, 3.8) is 0 Å². The second-order valence-electron chi connectivity index (χ2n) is 5.34. The summed E-state index contributed by atoms with van der Waals surface area (Å²) < 4.78 is 0. The van der Waals surface area contributed by atoms with E-state index >= 15 is 0 Å². The molecule has 0 atom stereocenters. The van der Waals surface area contributed by atoms with Crippen LogP contribution in [0.15, 0.2) is 12.1 Å². The van der Waals surface area contributed by atoms with Crippen molar-refractivity contribution in [1.82, 2.24) is 15.3 Å². The first-order valence-electron chi connectivity index (χ1n) is 7.37. The number of aromatic amines is 1. The van der Waals surface area contributed by atoms with Crippen LogP contribution in [0.25, 0.3) is 11.0 Å². The summed E-state index contributed by atoms with van der Waals surface area (Å²) in [6, 6.07) is 4.36. The van der Waals surface area contributed by atoms with Crippen LogP contribution >= 0.6 is 0 Å². The molecule has 104 valence electrons. The molecule has 0 fully saturated rings. The number of hydrogen-bond donors (Lipinski definition) is 2. The number of benzene rings is 1. The van der Waals surface area contributed by atoms with Crippen molar-refractivity contribution >= 4 is 11.0 Å². The normalized spacial score (nSPS) is 11.3. The molecule has 2 aromatic rings. The van der Waals surface area contributed by atoms with E-state index in [1.54, 1.807) is 0 Å². The van der Waals surface area contributed by atoms with Crippen LogP contribution in [0.1, 0.15) is 43.1 Å². The predicted octanol–water partition coefficient (Wildman–Crippen LogP) is 3.50. The van der Waals surface area contributed by atoms with Gasteiger partial charge in [0.05, 0.1) is 11.0 Å². The van der Waals surface area contributed by atoms with E-state index in [1.165, 1.54) is 30.4 Å². The molecule has 0 saturated carbocycles. The number of hydrogen-bond acceptors (Lipinski definition) is 2. The van der Waals surface area contributed by atoms with Crippen LogP contribution in [0.3, 0.4) is 0 Å². The van der Waals surface area contributed by atoms with Gasteiger partial charge in [0.15, 0.2) is 0 Å². The van der Waals surface area contributed by atoms with E-state index in [0.29, 0.717) is 0 Å². The molecule has 2 rings (SSSR count). The van der Waals surface area contributed by atoms with Gasteiger partial charge in [-0.25, -0.2) is 4.98 Å². The standard InChI is InChI=1S/C16H25N3/c1-4-5-6-8-17-9-7-16-18-14-10-12(2)13(3)11-15(14)19-16/h10-11,17H,4-9H2,1-3H3,(H,18,19). The second-order valence-corrected chi connectivity index (χ2v) is 5.34. The van der Waals surface area contributed by atoms with Crippen molar-refractivity contribution in [3.8, 4) is 0 Å². The zero-order valence-electron chi connectivity index (χ0n) is 12.3. The number of fused-ring (bicyclic) bond motifs is 1. The molecule has 0 spiro atoms. The minimum atomic E-state index is 0.971. The van der Waals surface area contributed by atoms with Gasteiger partial charge in [0.25, 0.3) is 0 Å². The third-order valence-electron chi connectivity index (χ3n) is 3.64.